The summed E-state index contributed by atoms with van der Waals surface area (Å²) < 4.78 is 1.67. The fourth-order valence-corrected chi connectivity index (χ4v) is 3.93. The van der Waals surface area contributed by atoms with Gasteiger partial charge in [0.1, 0.15) is 6.07 Å². The summed E-state index contributed by atoms with van der Waals surface area (Å²) in [5.41, 5.74) is 3.27. The molecule has 2 aromatic heterocycles. The zero-order valence-electron chi connectivity index (χ0n) is 17.4. The molecule has 0 unspecified atom stereocenters. The van der Waals surface area contributed by atoms with Gasteiger partial charge in [-0.3, -0.25) is 4.40 Å². The van der Waals surface area contributed by atoms with Gasteiger partial charge in [-0.25, -0.2) is 0 Å². The summed E-state index contributed by atoms with van der Waals surface area (Å²) in [4.78, 5) is 15.5. The van der Waals surface area contributed by atoms with Crippen molar-refractivity contribution in [3.05, 3.63) is 46.2 Å². The number of nitrogens with one attached hydrogen (secondary N) is 2. The van der Waals surface area contributed by atoms with E-state index in [0.717, 1.165) is 43.5 Å². The smallest absolute Gasteiger partial charge is 0.241 e. The predicted octanol–water partition coefficient (Wildman–Crippen LogP) is 3.56. The van der Waals surface area contributed by atoms with Crippen LogP contribution in [0.4, 0.5) is 17.6 Å². The predicted molar refractivity (Wildman–Crippen MR) is 122 cm³/mol. The second-order valence-corrected chi connectivity index (χ2v) is 8.44. The molecular weight excluding hydrogens is 426 g/mol. The van der Waals surface area contributed by atoms with Crippen molar-refractivity contribution in [2.75, 3.05) is 30.8 Å². The average molecular weight is 446 g/mol. The van der Waals surface area contributed by atoms with Crippen molar-refractivity contribution >= 4 is 40.5 Å². The Morgan fingerprint density at radius 3 is 2.69 bits per heavy atom. The molecule has 0 bridgehead atoms. The topological polar surface area (TPSA) is 118 Å². The molecule has 1 fully saturated rings. The van der Waals surface area contributed by atoms with Crippen LogP contribution in [0.2, 0.25) is 5.02 Å². The van der Waals surface area contributed by atoms with Gasteiger partial charge in [-0.05, 0) is 49.6 Å². The van der Waals surface area contributed by atoms with Crippen LogP contribution in [-0.2, 0) is 0 Å². The van der Waals surface area contributed by atoms with Gasteiger partial charge in [-0.1, -0.05) is 17.7 Å². The summed E-state index contributed by atoms with van der Waals surface area (Å²) in [5.74, 6) is 1.20. The van der Waals surface area contributed by atoms with E-state index in [1.165, 1.54) is 0 Å². The summed E-state index contributed by atoms with van der Waals surface area (Å²) in [5, 5.41) is 25.8. The number of benzene rings is 1. The number of nitrogens with zero attached hydrogens (tertiary/aromatic N) is 7. The van der Waals surface area contributed by atoms with Crippen molar-refractivity contribution in [1.29, 1.82) is 10.5 Å². The van der Waals surface area contributed by atoms with Crippen LogP contribution in [0.5, 0.6) is 0 Å². The van der Waals surface area contributed by atoms with Crippen molar-refractivity contribution in [3.63, 3.8) is 0 Å². The van der Waals surface area contributed by atoms with Crippen molar-refractivity contribution in [3.8, 4) is 12.1 Å². The van der Waals surface area contributed by atoms with Crippen LogP contribution in [0.15, 0.2) is 24.4 Å². The molecule has 2 N–H and O–H groups in total. The molecule has 3 aromatic rings. The zero-order valence-corrected chi connectivity index (χ0v) is 18.2. The first-order valence-electron chi connectivity index (χ1n) is 10.4. The number of hydrogen-bond acceptors (Lipinski definition) is 8. The second-order valence-electron chi connectivity index (χ2n) is 8.06. The van der Waals surface area contributed by atoms with Gasteiger partial charge in [0, 0.05) is 19.1 Å². The van der Waals surface area contributed by atoms with Gasteiger partial charge in [-0.2, -0.15) is 25.5 Å². The van der Waals surface area contributed by atoms with Crippen molar-refractivity contribution in [2.24, 2.45) is 0 Å². The molecular formula is C22H20ClN9. The standard InChI is InChI=1S/C22H20ClN9/c1-31-6-4-14(5-7-31)17-8-13(10-24)9-18(19(17)23)28-20-29-21(26-15-2-3-15)32-12-16(11-25)27-22(32)30-20/h4,8-9,12,15H,2-3,5-7H2,1H3,(H2,26,27,28,29,30). The molecule has 1 aliphatic carbocycles. The lowest BCUT2D eigenvalue weighted by Crippen LogP contribution is -2.23. The molecule has 1 aliphatic heterocycles. The van der Waals surface area contributed by atoms with Crippen LogP contribution in [-0.4, -0.2) is 50.4 Å². The third-order valence-corrected chi connectivity index (χ3v) is 5.97. The van der Waals surface area contributed by atoms with Gasteiger partial charge >= 0.3 is 0 Å². The van der Waals surface area contributed by atoms with E-state index in [2.05, 4.69) is 49.7 Å². The SMILES string of the molecule is CN1CC=C(c2cc(C#N)cc(Nc3nc(NC4CC4)n4cc(C#N)nc4n3)c2Cl)CC1. The van der Waals surface area contributed by atoms with Gasteiger partial charge in [0.15, 0.2) is 5.69 Å². The molecule has 1 saturated carbocycles. The van der Waals surface area contributed by atoms with Crippen molar-refractivity contribution in [1.82, 2.24) is 24.3 Å². The Morgan fingerprint density at radius 1 is 1.16 bits per heavy atom. The highest BCUT2D eigenvalue weighted by Crippen LogP contribution is 2.36. The third-order valence-electron chi connectivity index (χ3n) is 5.56. The minimum absolute atomic E-state index is 0.260. The molecule has 1 aromatic carbocycles. The van der Waals surface area contributed by atoms with Crippen LogP contribution in [0.25, 0.3) is 11.4 Å². The maximum atomic E-state index is 9.57. The van der Waals surface area contributed by atoms with E-state index in [1.807, 2.05) is 12.1 Å². The third kappa shape index (κ3) is 3.96. The minimum Gasteiger partial charge on any atom is -0.352 e. The molecule has 5 rings (SSSR count). The maximum absolute atomic E-state index is 9.57. The molecule has 0 atom stereocenters. The summed E-state index contributed by atoms with van der Waals surface area (Å²) in [6, 6.07) is 8.11. The summed E-state index contributed by atoms with van der Waals surface area (Å²) >= 11 is 6.77. The number of aromatic nitrogens is 4. The summed E-state index contributed by atoms with van der Waals surface area (Å²) in [7, 11) is 2.07. The number of halogens is 1. The summed E-state index contributed by atoms with van der Waals surface area (Å²) in [6.07, 6.45) is 6.74. The van der Waals surface area contributed by atoms with Crippen LogP contribution < -0.4 is 10.6 Å². The van der Waals surface area contributed by atoms with Gasteiger partial charge in [-0.15, -0.1) is 0 Å². The Hall–Kier alpha value is -3.66. The Morgan fingerprint density at radius 2 is 2.00 bits per heavy atom. The maximum Gasteiger partial charge on any atom is 0.241 e. The highest BCUT2D eigenvalue weighted by atomic mass is 35.5. The number of nitriles is 2. The molecule has 2 aliphatic rings. The molecule has 32 heavy (non-hydrogen) atoms. The van der Waals surface area contributed by atoms with Gasteiger partial charge in [0.25, 0.3) is 0 Å². The fraction of sp³-hybridized carbons (Fsp3) is 0.318. The van der Waals surface area contributed by atoms with Crippen LogP contribution in [0, 0.1) is 22.7 Å². The second kappa shape index (κ2) is 8.12. The quantitative estimate of drug-likeness (QED) is 0.612. The van der Waals surface area contributed by atoms with Crippen LogP contribution in [0.3, 0.4) is 0 Å². The first-order valence-corrected chi connectivity index (χ1v) is 10.7. The molecule has 0 spiro atoms. The van der Waals surface area contributed by atoms with Crippen LogP contribution in [0.1, 0.15) is 36.1 Å². The van der Waals surface area contributed by atoms with Crippen LogP contribution >= 0.6 is 11.6 Å². The van der Waals surface area contributed by atoms with E-state index in [1.54, 1.807) is 16.7 Å². The molecule has 9 nitrogen and oxygen atoms in total. The average Bonchev–Trinajstić information content (AvgIpc) is 3.51. The van der Waals surface area contributed by atoms with Crippen molar-refractivity contribution < 1.29 is 0 Å². The highest BCUT2D eigenvalue weighted by molar-refractivity contribution is 6.35. The van der Waals surface area contributed by atoms with E-state index >= 15 is 0 Å². The molecule has 0 radical (unpaired) electrons. The van der Waals surface area contributed by atoms with E-state index in [9.17, 15) is 10.5 Å². The number of imidazole rings is 1. The number of fused-ring (bicyclic) bond motifs is 1. The lowest BCUT2D eigenvalue weighted by Gasteiger charge is -2.23. The molecule has 160 valence electrons. The Balaban J connectivity index is 1.55. The van der Waals surface area contributed by atoms with Gasteiger partial charge in [0.05, 0.1) is 28.5 Å². The van der Waals surface area contributed by atoms with E-state index in [-0.39, 0.29) is 11.6 Å². The fourth-order valence-electron chi connectivity index (χ4n) is 3.65. The minimum atomic E-state index is 0.260. The number of hydrogen-bond donors (Lipinski definition) is 2. The molecule has 0 saturated heterocycles. The van der Waals surface area contributed by atoms with Gasteiger partial charge < -0.3 is 15.5 Å². The largest absolute Gasteiger partial charge is 0.352 e. The van der Waals surface area contributed by atoms with E-state index in [4.69, 9.17) is 11.6 Å². The highest BCUT2D eigenvalue weighted by Gasteiger charge is 2.24. The van der Waals surface area contributed by atoms with E-state index < -0.39 is 0 Å². The zero-order chi connectivity index (χ0) is 22.2. The summed E-state index contributed by atoms with van der Waals surface area (Å²) in [6.45, 7) is 1.76. The lowest BCUT2D eigenvalue weighted by molar-refractivity contribution is 0.370. The van der Waals surface area contributed by atoms with E-state index in [0.29, 0.717) is 34.0 Å². The Kier molecular flexibility index (Phi) is 5.14. The normalized spacial score (nSPS) is 16.3. The van der Waals surface area contributed by atoms with Crippen molar-refractivity contribution in [2.45, 2.75) is 25.3 Å². The first-order chi connectivity index (χ1) is 15.5. The lowest BCUT2D eigenvalue weighted by atomic mass is 9.97. The number of likely N-dealkylation sites (N-methyl/N-ethyl adjacent to an activating group) is 1. The Bertz CT molecular complexity index is 1320. The molecule has 0 amide bonds. The molecule has 10 heteroatoms. The van der Waals surface area contributed by atoms with Gasteiger partial charge in [0.2, 0.25) is 17.7 Å². The first kappa shape index (κ1) is 20.3. The molecule has 3 heterocycles. The number of anilines is 3. The number of rotatable bonds is 5. The monoisotopic (exact) mass is 445 g/mol. The Labute approximate surface area is 190 Å².